The molecule has 0 saturated heterocycles. The topological polar surface area (TPSA) is 69.6 Å². The van der Waals surface area contributed by atoms with Crippen LogP contribution in [0.25, 0.3) is 0 Å². The van der Waals surface area contributed by atoms with Crippen LogP contribution in [-0.4, -0.2) is 34.4 Å². The van der Waals surface area contributed by atoms with Gasteiger partial charge in [0.05, 0.1) is 12.1 Å². The number of amides is 1. The number of carbonyl (C=O) groups excluding carboxylic acids is 1. The van der Waals surface area contributed by atoms with E-state index in [2.05, 4.69) is 5.32 Å². The number of rotatable bonds is 2. The number of aliphatic hydroxyl groups excluding tert-OH is 2. The van der Waals surface area contributed by atoms with Crippen LogP contribution in [0.5, 0.6) is 0 Å². The van der Waals surface area contributed by atoms with Gasteiger partial charge < -0.3 is 15.5 Å². The molecule has 13 heavy (non-hydrogen) atoms. The maximum atomic E-state index is 11.1. The molecule has 1 fully saturated rings. The monoisotopic (exact) mass is 187 g/mol. The Morgan fingerprint density at radius 1 is 1.46 bits per heavy atom. The molecule has 0 aromatic rings. The molecule has 0 heterocycles. The lowest BCUT2D eigenvalue weighted by Crippen LogP contribution is -2.47. The molecule has 0 radical (unpaired) electrons. The van der Waals surface area contributed by atoms with Gasteiger partial charge in [-0.3, -0.25) is 4.79 Å². The van der Waals surface area contributed by atoms with Gasteiger partial charge >= 0.3 is 0 Å². The first-order valence-corrected chi connectivity index (χ1v) is 4.78. The molecule has 4 heteroatoms. The fourth-order valence-electron chi connectivity index (χ4n) is 1.58. The molecule has 0 spiro atoms. The van der Waals surface area contributed by atoms with Crippen LogP contribution in [-0.2, 0) is 4.79 Å². The van der Waals surface area contributed by atoms with Crippen molar-refractivity contribution in [3.05, 3.63) is 0 Å². The van der Waals surface area contributed by atoms with Crippen molar-refractivity contribution in [3.8, 4) is 0 Å². The van der Waals surface area contributed by atoms with Crippen LogP contribution < -0.4 is 5.32 Å². The lowest BCUT2D eigenvalue weighted by Gasteiger charge is -2.28. The molecule has 0 aromatic carbocycles. The summed E-state index contributed by atoms with van der Waals surface area (Å²) in [5.41, 5.74) is 0. The third kappa shape index (κ3) is 2.97. The highest BCUT2D eigenvalue weighted by atomic mass is 16.3. The smallest absolute Gasteiger partial charge is 0.248 e. The third-order valence-electron chi connectivity index (χ3n) is 2.44. The third-order valence-corrected chi connectivity index (χ3v) is 2.44. The predicted octanol–water partition coefficient (Wildman–Crippen LogP) is -0.213. The van der Waals surface area contributed by atoms with Crippen molar-refractivity contribution >= 4 is 5.91 Å². The van der Waals surface area contributed by atoms with E-state index < -0.39 is 18.1 Å². The Balaban J connectivity index is 2.38. The molecule has 1 amide bonds. The van der Waals surface area contributed by atoms with Crippen LogP contribution in [0.3, 0.4) is 0 Å². The van der Waals surface area contributed by atoms with Crippen LogP contribution in [0.4, 0.5) is 0 Å². The predicted molar refractivity (Wildman–Crippen MR) is 48.1 cm³/mol. The van der Waals surface area contributed by atoms with Gasteiger partial charge in [0, 0.05) is 0 Å². The molecular weight excluding hydrogens is 170 g/mol. The van der Waals surface area contributed by atoms with Gasteiger partial charge in [-0.15, -0.1) is 0 Å². The van der Waals surface area contributed by atoms with Gasteiger partial charge in [-0.05, 0) is 19.8 Å². The number of hydrogen-bond acceptors (Lipinski definition) is 3. The van der Waals surface area contributed by atoms with E-state index in [9.17, 15) is 9.90 Å². The summed E-state index contributed by atoms with van der Waals surface area (Å²) in [6.45, 7) is 1.42. The van der Waals surface area contributed by atoms with Crippen LogP contribution in [0.2, 0.25) is 0 Å². The minimum atomic E-state index is -0.992. The summed E-state index contributed by atoms with van der Waals surface area (Å²) in [4.78, 5) is 11.1. The Morgan fingerprint density at radius 2 is 2.08 bits per heavy atom. The zero-order chi connectivity index (χ0) is 9.84. The summed E-state index contributed by atoms with van der Waals surface area (Å²) in [6, 6.07) is -0.171. The quantitative estimate of drug-likeness (QED) is 0.560. The molecule has 1 saturated carbocycles. The highest BCUT2D eigenvalue weighted by Gasteiger charge is 2.25. The first-order valence-electron chi connectivity index (χ1n) is 4.78. The lowest BCUT2D eigenvalue weighted by molar-refractivity contribution is -0.130. The van der Waals surface area contributed by atoms with E-state index in [-0.39, 0.29) is 6.04 Å². The van der Waals surface area contributed by atoms with E-state index in [1.165, 1.54) is 6.92 Å². The Morgan fingerprint density at radius 3 is 2.62 bits per heavy atom. The molecular formula is C9H17NO3. The van der Waals surface area contributed by atoms with E-state index in [0.717, 1.165) is 25.7 Å². The second-order valence-electron chi connectivity index (χ2n) is 3.64. The van der Waals surface area contributed by atoms with Crippen molar-refractivity contribution in [2.24, 2.45) is 0 Å². The number of aliphatic hydroxyl groups is 2. The van der Waals surface area contributed by atoms with Gasteiger partial charge in [0.25, 0.3) is 0 Å². The van der Waals surface area contributed by atoms with Gasteiger partial charge in [-0.25, -0.2) is 0 Å². The normalized spacial score (nSPS) is 31.0. The summed E-state index contributed by atoms with van der Waals surface area (Å²) in [6.07, 6.45) is 2.15. The number of nitrogens with one attached hydrogen (secondary N) is 1. The van der Waals surface area contributed by atoms with Crippen LogP contribution in [0.1, 0.15) is 32.6 Å². The van der Waals surface area contributed by atoms with Crippen molar-refractivity contribution in [1.29, 1.82) is 0 Å². The minimum Gasteiger partial charge on any atom is -0.391 e. The largest absolute Gasteiger partial charge is 0.391 e. The number of hydrogen-bond donors (Lipinski definition) is 3. The molecule has 1 rings (SSSR count). The van der Waals surface area contributed by atoms with E-state index in [1.807, 2.05) is 0 Å². The van der Waals surface area contributed by atoms with Crippen LogP contribution in [0.15, 0.2) is 0 Å². The standard InChI is InChI=1S/C9H17NO3/c1-6(11)9(13)10-7-4-2-3-5-8(7)12/h6-8,11-12H,2-5H2,1H3,(H,10,13)/t6?,7-,8-/m1/s1. The summed E-state index contributed by atoms with van der Waals surface area (Å²) in [5.74, 6) is -0.397. The first kappa shape index (κ1) is 10.5. The van der Waals surface area contributed by atoms with E-state index in [1.54, 1.807) is 0 Å². The molecule has 1 aliphatic rings. The first-order chi connectivity index (χ1) is 6.11. The summed E-state index contributed by atoms with van der Waals surface area (Å²) in [5, 5.41) is 21.1. The summed E-state index contributed by atoms with van der Waals surface area (Å²) in [7, 11) is 0. The molecule has 0 aromatic heterocycles. The SMILES string of the molecule is CC(O)C(=O)N[C@@H]1CCCC[C@H]1O. The molecule has 3 N–H and O–H groups in total. The highest BCUT2D eigenvalue weighted by molar-refractivity contribution is 5.80. The molecule has 0 aliphatic heterocycles. The van der Waals surface area contributed by atoms with Crippen molar-refractivity contribution in [1.82, 2.24) is 5.32 Å². The Kier molecular flexibility index (Phi) is 3.69. The minimum absolute atomic E-state index is 0.171. The Bertz CT molecular complexity index is 182. The van der Waals surface area contributed by atoms with Crippen molar-refractivity contribution < 1.29 is 15.0 Å². The maximum Gasteiger partial charge on any atom is 0.248 e. The van der Waals surface area contributed by atoms with E-state index in [0.29, 0.717) is 0 Å². The zero-order valence-electron chi connectivity index (χ0n) is 7.86. The molecule has 1 aliphatic carbocycles. The summed E-state index contributed by atoms with van der Waals surface area (Å²) >= 11 is 0. The summed E-state index contributed by atoms with van der Waals surface area (Å²) < 4.78 is 0. The average molecular weight is 187 g/mol. The van der Waals surface area contributed by atoms with Crippen molar-refractivity contribution in [2.45, 2.75) is 50.9 Å². The molecule has 76 valence electrons. The van der Waals surface area contributed by atoms with Crippen molar-refractivity contribution in [3.63, 3.8) is 0 Å². The van der Waals surface area contributed by atoms with Crippen LogP contribution in [0, 0.1) is 0 Å². The molecule has 0 bridgehead atoms. The second kappa shape index (κ2) is 4.58. The van der Waals surface area contributed by atoms with E-state index >= 15 is 0 Å². The van der Waals surface area contributed by atoms with E-state index in [4.69, 9.17) is 5.11 Å². The van der Waals surface area contributed by atoms with Gasteiger partial charge in [0.2, 0.25) is 5.91 Å². The fourth-order valence-corrected chi connectivity index (χ4v) is 1.58. The Hall–Kier alpha value is -0.610. The van der Waals surface area contributed by atoms with Gasteiger partial charge in [-0.1, -0.05) is 12.8 Å². The second-order valence-corrected chi connectivity index (χ2v) is 3.64. The van der Waals surface area contributed by atoms with Gasteiger partial charge in [-0.2, -0.15) is 0 Å². The van der Waals surface area contributed by atoms with Crippen molar-refractivity contribution in [2.75, 3.05) is 0 Å². The van der Waals surface area contributed by atoms with Gasteiger partial charge in [0.15, 0.2) is 0 Å². The fraction of sp³-hybridized carbons (Fsp3) is 0.889. The molecule has 4 nitrogen and oxygen atoms in total. The van der Waals surface area contributed by atoms with Gasteiger partial charge in [0.1, 0.15) is 6.10 Å². The molecule has 1 unspecified atom stereocenters. The van der Waals surface area contributed by atoms with Crippen LogP contribution >= 0.6 is 0 Å². The average Bonchev–Trinajstić information content (AvgIpc) is 2.08. The Labute approximate surface area is 78.0 Å². The lowest BCUT2D eigenvalue weighted by atomic mass is 9.92. The zero-order valence-corrected chi connectivity index (χ0v) is 7.86. The maximum absolute atomic E-state index is 11.1. The highest BCUT2D eigenvalue weighted by Crippen LogP contribution is 2.18. The number of carbonyl (C=O) groups is 1. The molecule has 3 atom stereocenters.